The molecule has 2 nitrogen and oxygen atoms in total. The third-order valence-corrected chi connectivity index (χ3v) is 15.1. The van der Waals surface area contributed by atoms with Crippen molar-refractivity contribution in [2.45, 2.75) is 24.7 Å². The van der Waals surface area contributed by atoms with Crippen molar-refractivity contribution in [1.29, 1.82) is 0 Å². The number of hydrogen-bond acceptors (Lipinski definition) is 2. The first-order chi connectivity index (χ1) is 32.5. The molecule has 0 radical (unpaired) electrons. The van der Waals surface area contributed by atoms with E-state index in [9.17, 15) is 0 Å². The fraction of sp³-hybridized carbons (Fsp3) is 0.0625. The lowest BCUT2D eigenvalue weighted by atomic mass is 9.67. The Kier molecular flexibility index (Phi) is 7.70. The first-order valence-electron chi connectivity index (χ1n) is 23.1. The van der Waals surface area contributed by atoms with Crippen molar-refractivity contribution in [1.82, 2.24) is 0 Å². The molecule has 14 rings (SSSR count). The molecule has 0 amide bonds. The number of nitrogens with zero attached hydrogens (tertiary/aromatic N) is 1. The molecule has 0 saturated carbocycles. The number of rotatable bonds is 5. The zero-order valence-electron chi connectivity index (χ0n) is 36.7. The Morgan fingerprint density at radius 3 is 1.62 bits per heavy atom. The van der Waals surface area contributed by atoms with Crippen LogP contribution in [-0.2, 0) is 10.8 Å². The number of fused-ring (bicyclic) bond motifs is 16. The molecule has 0 bridgehead atoms. The van der Waals surface area contributed by atoms with E-state index in [2.05, 4.69) is 243 Å². The maximum absolute atomic E-state index is 6.52. The van der Waals surface area contributed by atoms with Crippen molar-refractivity contribution in [3.63, 3.8) is 0 Å². The van der Waals surface area contributed by atoms with Crippen LogP contribution in [0, 0.1) is 0 Å². The minimum atomic E-state index is -0.551. The maximum atomic E-state index is 6.52. The van der Waals surface area contributed by atoms with Gasteiger partial charge in [0.1, 0.15) is 11.2 Å². The van der Waals surface area contributed by atoms with Crippen LogP contribution in [0.4, 0.5) is 17.1 Å². The highest BCUT2D eigenvalue weighted by atomic mass is 16.3. The molecule has 0 spiro atoms. The van der Waals surface area contributed by atoms with Gasteiger partial charge >= 0.3 is 0 Å². The van der Waals surface area contributed by atoms with Gasteiger partial charge in [0, 0.05) is 32.6 Å². The molecule has 2 heteroatoms. The monoisotopic (exact) mass is 841 g/mol. The summed E-state index contributed by atoms with van der Waals surface area (Å²) < 4.78 is 6.52. The summed E-state index contributed by atoms with van der Waals surface area (Å²) in [4.78, 5) is 2.60. The standard InChI is InChI=1S/C64H43NO/c1-63(2)52-30-14-11-24-44(52)50-29-18-33-56(62(50)63)65(42-35-36-45-43-23-12-15-31-53(43)64(54(45)39-42,40-19-5-3-6-20-40)41-21-7-4-8-22-41)55-32-17-28-47-49-37-38-58-61(51-27-13-16-34-57(51)66-58)60(49)48-26-10-9-25-46(48)59(47)55/h3-39H,1-2H3. The lowest BCUT2D eigenvalue weighted by Crippen LogP contribution is -2.28. The summed E-state index contributed by atoms with van der Waals surface area (Å²) in [6.07, 6.45) is 0. The van der Waals surface area contributed by atoms with Crippen molar-refractivity contribution in [2.75, 3.05) is 4.90 Å². The Bertz CT molecular complexity index is 3900. The van der Waals surface area contributed by atoms with Crippen LogP contribution in [0.25, 0.3) is 76.5 Å². The number of para-hydroxylation sites is 1. The number of benzene rings is 11. The van der Waals surface area contributed by atoms with E-state index in [1.165, 1.54) is 99.0 Å². The largest absolute Gasteiger partial charge is 0.456 e. The van der Waals surface area contributed by atoms with Gasteiger partial charge in [-0.3, -0.25) is 0 Å². The molecular formula is C64H43NO. The Morgan fingerprint density at radius 2 is 0.879 bits per heavy atom. The summed E-state index contributed by atoms with van der Waals surface area (Å²) in [7, 11) is 0. The van der Waals surface area contributed by atoms with E-state index >= 15 is 0 Å². The van der Waals surface area contributed by atoms with Gasteiger partial charge in [0.05, 0.1) is 16.8 Å². The van der Waals surface area contributed by atoms with E-state index in [1.54, 1.807) is 0 Å². The molecule has 0 atom stereocenters. The normalized spacial score (nSPS) is 14.2. The van der Waals surface area contributed by atoms with Crippen LogP contribution in [0.1, 0.15) is 47.2 Å². The van der Waals surface area contributed by atoms with Crippen molar-refractivity contribution < 1.29 is 4.42 Å². The molecule has 0 unspecified atom stereocenters. The maximum Gasteiger partial charge on any atom is 0.136 e. The predicted molar refractivity (Wildman–Crippen MR) is 276 cm³/mol. The molecule has 0 saturated heterocycles. The quantitative estimate of drug-likeness (QED) is 0.161. The van der Waals surface area contributed by atoms with Crippen LogP contribution in [0.3, 0.4) is 0 Å². The third-order valence-electron chi connectivity index (χ3n) is 15.1. The lowest BCUT2D eigenvalue weighted by Gasteiger charge is -2.36. The van der Waals surface area contributed by atoms with Crippen molar-refractivity contribution >= 4 is 71.3 Å². The summed E-state index contributed by atoms with van der Waals surface area (Å²) >= 11 is 0. The van der Waals surface area contributed by atoms with Gasteiger partial charge in [-0.1, -0.05) is 196 Å². The lowest BCUT2D eigenvalue weighted by molar-refractivity contribution is 0.661. The molecule has 66 heavy (non-hydrogen) atoms. The van der Waals surface area contributed by atoms with Gasteiger partial charge in [0.15, 0.2) is 0 Å². The molecule has 0 fully saturated rings. The fourth-order valence-electron chi connectivity index (χ4n) is 12.5. The topological polar surface area (TPSA) is 16.4 Å². The smallest absolute Gasteiger partial charge is 0.136 e. The van der Waals surface area contributed by atoms with E-state index < -0.39 is 5.41 Å². The third kappa shape index (κ3) is 4.85. The van der Waals surface area contributed by atoms with Gasteiger partial charge in [0.25, 0.3) is 0 Å². The molecule has 310 valence electrons. The van der Waals surface area contributed by atoms with Crippen molar-refractivity contribution in [3.8, 4) is 22.3 Å². The van der Waals surface area contributed by atoms with Crippen LogP contribution < -0.4 is 4.90 Å². The van der Waals surface area contributed by atoms with E-state index in [0.717, 1.165) is 27.9 Å². The minimum Gasteiger partial charge on any atom is -0.456 e. The zero-order valence-corrected chi connectivity index (χ0v) is 36.7. The Labute approximate surface area is 383 Å². The number of hydrogen-bond donors (Lipinski definition) is 0. The number of furan rings is 1. The highest BCUT2D eigenvalue weighted by Gasteiger charge is 2.47. The molecular weight excluding hydrogens is 799 g/mol. The summed E-state index contributed by atoms with van der Waals surface area (Å²) in [5, 5.41) is 9.61. The highest BCUT2D eigenvalue weighted by Crippen LogP contribution is 2.59. The van der Waals surface area contributed by atoms with Gasteiger partial charge in [-0.05, 0) is 120 Å². The molecule has 2 aliphatic carbocycles. The van der Waals surface area contributed by atoms with Gasteiger partial charge in [-0.2, -0.15) is 0 Å². The SMILES string of the molecule is CC1(C)c2ccccc2-c2cccc(N(c3ccc4c(c3)C(c3ccccc3)(c3ccccc3)c3ccccc3-4)c3cccc4c5ccc6oc7ccccc7c6c5c5ccccc5c34)c21. The van der Waals surface area contributed by atoms with Gasteiger partial charge < -0.3 is 9.32 Å². The molecule has 1 aromatic heterocycles. The van der Waals surface area contributed by atoms with E-state index in [1.807, 2.05) is 0 Å². The molecule has 12 aromatic rings. The van der Waals surface area contributed by atoms with Crippen LogP contribution in [0.15, 0.2) is 229 Å². The van der Waals surface area contributed by atoms with Crippen LogP contribution >= 0.6 is 0 Å². The van der Waals surface area contributed by atoms with Crippen LogP contribution in [-0.4, -0.2) is 0 Å². The van der Waals surface area contributed by atoms with Crippen molar-refractivity contribution in [3.05, 3.63) is 258 Å². The van der Waals surface area contributed by atoms with Crippen molar-refractivity contribution in [2.24, 2.45) is 0 Å². The predicted octanol–water partition coefficient (Wildman–Crippen LogP) is 17.2. The second-order valence-electron chi connectivity index (χ2n) is 18.7. The number of anilines is 3. The van der Waals surface area contributed by atoms with Crippen LogP contribution in [0.5, 0.6) is 0 Å². The summed E-state index contributed by atoms with van der Waals surface area (Å²) in [6, 6.07) is 83.4. The van der Waals surface area contributed by atoms with Gasteiger partial charge in [-0.15, -0.1) is 0 Å². The first-order valence-corrected chi connectivity index (χ1v) is 23.1. The second kappa shape index (κ2) is 13.7. The fourth-order valence-corrected chi connectivity index (χ4v) is 12.5. The average Bonchev–Trinajstić information content (AvgIpc) is 3.98. The van der Waals surface area contributed by atoms with E-state index in [-0.39, 0.29) is 5.41 Å². The molecule has 0 N–H and O–H groups in total. The average molecular weight is 842 g/mol. The Hall–Kier alpha value is -8.20. The van der Waals surface area contributed by atoms with Crippen LogP contribution in [0.2, 0.25) is 0 Å². The molecule has 1 heterocycles. The first kappa shape index (κ1) is 37.2. The summed E-state index contributed by atoms with van der Waals surface area (Å²) in [5.41, 5.74) is 17.4. The highest BCUT2D eigenvalue weighted by molar-refractivity contribution is 6.36. The molecule has 2 aliphatic rings. The molecule has 0 aliphatic heterocycles. The summed E-state index contributed by atoms with van der Waals surface area (Å²) in [6.45, 7) is 4.81. The van der Waals surface area contributed by atoms with Gasteiger partial charge in [0.2, 0.25) is 0 Å². The zero-order chi connectivity index (χ0) is 43.7. The second-order valence-corrected chi connectivity index (χ2v) is 18.7. The minimum absolute atomic E-state index is 0.265. The Morgan fingerprint density at radius 1 is 0.348 bits per heavy atom. The summed E-state index contributed by atoms with van der Waals surface area (Å²) in [5.74, 6) is 0. The molecule has 11 aromatic carbocycles. The van der Waals surface area contributed by atoms with Gasteiger partial charge in [-0.25, -0.2) is 0 Å². The Balaban J connectivity index is 1.13. The van der Waals surface area contributed by atoms with E-state index in [0.29, 0.717) is 0 Å². The van der Waals surface area contributed by atoms with E-state index in [4.69, 9.17) is 4.42 Å².